The Morgan fingerprint density at radius 2 is 1.81 bits per heavy atom. The maximum absolute atomic E-state index is 6.09. The third kappa shape index (κ3) is 2.39. The first-order valence-corrected chi connectivity index (χ1v) is 7.11. The van der Waals surface area contributed by atoms with Crippen molar-refractivity contribution in [1.29, 1.82) is 0 Å². The van der Waals surface area contributed by atoms with Crippen LogP contribution in [0.3, 0.4) is 0 Å². The average Bonchev–Trinajstić information content (AvgIpc) is 2.74. The molecule has 0 saturated carbocycles. The number of aromatic nitrogens is 2. The van der Waals surface area contributed by atoms with Gasteiger partial charge in [0.2, 0.25) is 5.95 Å². The number of nitrogen functional groups attached to an aromatic ring is 1. The Bertz CT molecular complexity index is 845. The van der Waals surface area contributed by atoms with E-state index in [1.54, 1.807) is 42.0 Å². The molecule has 1 heterocycles. The predicted octanol–water partition coefficient (Wildman–Crippen LogP) is 4.58. The number of methoxy groups -OCH3 is 1. The van der Waals surface area contributed by atoms with Gasteiger partial charge in [0.05, 0.1) is 33.9 Å². The van der Waals surface area contributed by atoms with E-state index >= 15 is 0 Å². The first-order valence-electron chi connectivity index (χ1n) is 5.98. The molecule has 4 nitrogen and oxygen atoms in total. The van der Waals surface area contributed by atoms with Gasteiger partial charge in [-0.25, -0.2) is 4.98 Å². The number of nitrogens with two attached hydrogens (primary N) is 1. The third-order valence-electron chi connectivity index (χ3n) is 3.10. The van der Waals surface area contributed by atoms with Crippen molar-refractivity contribution in [1.82, 2.24) is 9.55 Å². The van der Waals surface area contributed by atoms with Crippen LogP contribution in [0.2, 0.25) is 15.1 Å². The highest BCUT2D eigenvalue weighted by Gasteiger charge is 2.16. The van der Waals surface area contributed by atoms with Gasteiger partial charge in [0.15, 0.2) is 0 Å². The van der Waals surface area contributed by atoms with E-state index in [0.29, 0.717) is 38.0 Å². The quantitative estimate of drug-likeness (QED) is 0.742. The fourth-order valence-corrected chi connectivity index (χ4v) is 2.66. The van der Waals surface area contributed by atoms with Crippen molar-refractivity contribution in [3.63, 3.8) is 0 Å². The normalized spacial score (nSPS) is 11.0. The topological polar surface area (TPSA) is 53.1 Å². The lowest BCUT2D eigenvalue weighted by atomic mass is 10.2. The molecule has 0 amide bonds. The summed E-state index contributed by atoms with van der Waals surface area (Å²) in [6.45, 7) is 0. The summed E-state index contributed by atoms with van der Waals surface area (Å²) in [5.74, 6) is 0.917. The van der Waals surface area contributed by atoms with Crippen molar-refractivity contribution >= 4 is 51.8 Å². The Kier molecular flexibility index (Phi) is 3.61. The minimum Gasteiger partial charge on any atom is -0.495 e. The van der Waals surface area contributed by atoms with Gasteiger partial charge >= 0.3 is 0 Å². The van der Waals surface area contributed by atoms with Gasteiger partial charge in [-0.3, -0.25) is 4.57 Å². The Morgan fingerprint density at radius 3 is 2.52 bits per heavy atom. The Morgan fingerprint density at radius 1 is 1.10 bits per heavy atom. The number of benzene rings is 2. The molecule has 3 aromatic rings. The van der Waals surface area contributed by atoms with E-state index in [0.717, 1.165) is 5.52 Å². The molecular formula is C14H10Cl3N3O. The molecule has 3 rings (SSSR count). The van der Waals surface area contributed by atoms with Crippen molar-refractivity contribution in [2.75, 3.05) is 12.8 Å². The van der Waals surface area contributed by atoms with Gasteiger partial charge in [-0.2, -0.15) is 0 Å². The number of imidazole rings is 1. The van der Waals surface area contributed by atoms with E-state index in [9.17, 15) is 0 Å². The Hall–Kier alpha value is -1.62. The third-order valence-corrected chi connectivity index (χ3v) is 4.06. The first-order chi connectivity index (χ1) is 10.0. The molecule has 7 heteroatoms. The summed E-state index contributed by atoms with van der Waals surface area (Å²) in [7, 11) is 1.58. The summed E-state index contributed by atoms with van der Waals surface area (Å²) in [6.07, 6.45) is 0. The molecule has 2 N–H and O–H groups in total. The van der Waals surface area contributed by atoms with E-state index in [-0.39, 0.29) is 0 Å². The van der Waals surface area contributed by atoms with Crippen LogP contribution < -0.4 is 10.5 Å². The highest BCUT2D eigenvalue weighted by molar-refractivity contribution is 6.42. The highest BCUT2D eigenvalue weighted by Crippen LogP contribution is 2.34. The molecule has 0 bridgehead atoms. The van der Waals surface area contributed by atoms with Crippen molar-refractivity contribution in [3.8, 4) is 11.4 Å². The molecular weight excluding hydrogens is 333 g/mol. The summed E-state index contributed by atoms with van der Waals surface area (Å²) in [5, 5.41) is 1.41. The van der Waals surface area contributed by atoms with Crippen LogP contribution in [0.5, 0.6) is 5.75 Å². The molecule has 0 aliphatic rings. The highest BCUT2D eigenvalue weighted by atomic mass is 35.5. The number of ether oxygens (including phenoxy) is 1. The van der Waals surface area contributed by atoms with Gasteiger partial charge in [-0.1, -0.05) is 34.8 Å². The van der Waals surface area contributed by atoms with Crippen molar-refractivity contribution in [2.24, 2.45) is 0 Å². The number of fused-ring (bicyclic) bond motifs is 1. The Labute approximate surface area is 136 Å². The summed E-state index contributed by atoms with van der Waals surface area (Å²) in [6, 6.07) is 8.63. The molecule has 108 valence electrons. The molecule has 0 radical (unpaired) electrons. The number of anilines is 1. The number of nitrogens with zero attached hydrogens (tertiary/aromatic N) is 2. The fourth-order valence-electron chi connectivity index (χ4n) is 2.18. The lowest BCUT2D eigenvalue weighted by Gasteiger charge is -2.12. The van der Waals surface area contributed by atoms with Crippen LogP contribution in [-0.4, -0.2) is 16.7 Å². The number of rotatable bonds is 2. The van der Waals surface area contributed by atoms with Crippen molar-refractivity contribution in [2.45, 2.75) is 0 Å². The van der Waals surface area contributed by atoms with E-state index in [1.165, 1.54) is 0 Å². The minimum absolute atomic E-state index is 0.295. The van der Waals surface area contributed by atoms with Gasteiger partial charge in [0.25, 0.3) is 0 Å². The van der Waals surface area contributed by atoms with Crippen LogP contribution in [-0.2, 0) is 0 Å². The van der Waals surface area contributed by atoms with Gasteiger partial charge < -0.3 is 10.5 Å². The maximum atomic E-state index is 6.09. The lowest BCUT2D eigenvalue weighted by molar-refractivity contribution is 0.413. The number of hydrogen-bond donors (Lipinski definition) is 1. The zero-order valence-corrected chi connectivity index (χ0v) is 13.2. The van der Waals surface area contributed by atoms with Crippen molar-refractivity contribution in [3.05, 3.63) is 45.4 Å². The van der Waals surface area contributed by atoms with Crippen LogP contribution in [0.15, 0.2) is 30.3 Å². The predicted molar refractivity (Wildman–Crippen MR) is 87.1 cm³/mol. The SMILES string of the molecule is COc1ccc(Cl)cc1-n1c(N)nc2cc(Cl)c(Cl)cc21. The maximum Gasteiger partial charge on any atom is 0.206 e. The molecule has 21 heavy (non-hydrogen) atoms. The summed E-state index contributed by atoms with van der Waals surface area (Å²) >= 11 is 18.2. The molecule has 0 aliphatic heterocycles. The molecule has 0 fully saturated rings. The smallest absolute Gasteiger partial charge is 0.206 e. The standard InChI is InChI=1S/C14H10Cl3N3O/c1-21-13-3-2-7(15)4-12(13)20-11-6-9(17)8(16)5-10(11)19-14(20)18/h2-6H,1H3,(H2,18,19). The Balaban J connectivity index is 2.37. The monoisotopic (exact) mass is 341 g/mol. The molecule has 0 spiro atoms. The van der Waals surface area contributed by atoms with Crippen molar-refractivity contribution < 1.29 is 4.74 Å². The largest absolute Gasteiger partial charge is 0.495 e. The van der Waals surface area contributed by atoms with Crippen LogP contribution in [0.25, 0.3) is 16.7 Å². The summed E-state index contributed by atoms with van der Waals surface area (Å²) in [5.41, 5.74) is 8.08. The zero-order chi connectivity index (χ0) is 15.1. The molecule has 0 unspecified atom stereocenters. The molecule has 2 aromatic carbocycles. The fraction of sp³-hybridized carbons (Fsp3) is 0.0714. The molecule has 0 aliphatic carbocycles. The van der Waals surface area contributed by atoms with Crippen LogP contribution in [0.1, 0.15) is 0 Å². The average molecular weight is 343 g/mol. The number of hydrogen-bond acceptors (Lipinski definition) is 3. The molecule has 0 atom stereocenters. The second-order valence-corrected chi connectivity index (χ2v) is 5.63. The minimum atomic E-state index is 0.295. The van der Waals surface area contributed by atoms with E-state index in [2.05, 4.69) is 4.98 Å². The van der Waals surface area contributed by atoms with Crippen LogP contribution >= 0.6 is 34.8 Å². The number of halogens is 3. The zero-order valence-electron chi connectivity index (χ0n) is 10.9. The van der Waals surface area contributed by atoms with Gasteiger partial charge in [-0.15, -0.1) is 0 Å². The van der Waals surface area contributed by atoms with Gasteiger partial charge in [0, 0.05) is 5.02 Å². The first kappa shape index (κ1) is 14.3. The lowest BCUT2D eigenvalue weighted by Crippen LogP contribution is -2.02. The van der Waals surface area contributed by atoms with Crippen LogP contribution in [0.4, 0.5) is 5.95 Å². The summed E-state index contributed by atoms with van der Waals surface area (Å²) in [4.78, 5) is 4.30. The van der Waals surface area contributed by atoms with E-state index < -0.39 is 0 Å². The molecule has 0 saturated heterocycles. The summed E-state index contributed by atoms with van der Waals surface area (Å²) < 4.78 is 7.08. The van der Waals surface area contributed by atoms with Gasteiger partial charge in [-0.05, 0) is 30.3 Å². The van der Waals surface area contributed by atoms with Gasteiger partial charge in [0.1, 0.15) is 5.75 Å². The van der Waals surface area contributed by atoms with Crippen LogP contribution in [0, 0.1) is 0 Å². The second-order valence-electron chi connectivity index (χ2n) is 4.38. The van der Waals surface area contributed by atoms with E-state index in [1.807, 2.05) is 0 Å². The molecule has 1 aromatic heterocycles. The second kappa shape index (κ2) is 5.30. The van der Waals surface area contributed by atoms with E-state index in [4.69, 9.17) is 45.3 Å².